The summed E-state index contributed by atoms with van der Waals surface area (Å²) in [4.78, 5) is 26.8. The smallest absolute Gasteiger partial charge is 0.449 e. The van der Waals surface area contributed by atoms with E-state index in [1.165, 1.54) is 12.1 Å². The lowest BCUT2D eigenvalue weighted by atomic mass is 10.0. The summed E-state index contributed by atoms with van der Waals surface area (Å²) in [5, 5.41) is -0.0973. The molecular formula is C37H33F3O5. The average molecular weight is 615 g/mol. The van der Waals surface area contributed by atoms with Crippen LogP contribution in [0.25, 0.3) is 22.1 Å². The van der Waals surface area contributed by atoms with E-state index in [9.17, 15) is 22.8 Å². The number of hydrogen-bond acceptors (Lipinski definition) is 5. The topological polar surface area (TPSA) is 65.7 Å². The number of aryl methyl sites for hydroxylation is 3. The quantitative estimate of drug-likeness (QED) is 0.0890. The van der Waals surface area contributed by atoms with E-state index >= 15 is 0 Å². The van der Waals surface area contributed by atoms with Gasteiger partial charge in [-0.15, -0.1) is 0 Å². The van der Waals surface area contributed by atoms with Crippen LogP contribution < -0.4 is 14.9 Å². The Morgan fingerprint density at radius 1 is 0.822 bits per heavy atom. The van der Waals surface area contributed by atoms with Crippen molar-refractivity contribution in [1.82, 2.24) is 0 Å². The van der Waals surface area contributed by atoms with Gasteiger partial charge >= 0.3 is 12.1 Å². The number of hydrogen-bond donors (Lipinski definition) is 0. The maximum atomic E-state index is 14.2. The normalized spacial score (nSPS) is 11.5. The van der Waals surface area contributed by atoms with Gasteiger partial charge in [-0.1, -0.05) is 74.7 Å². The molecule has 0 bridgehead atoms. The van der Waals surface area contributed by atoms with Crippen LogP contribution in [0.3, 0.4) is 0 Å². The Labute approximate surface area is 259 Å². The second-order valence-corrected chi connectivity index (χ2v) is 11.1. The summed E-state index contributed by atoms with van der Waals surface area (Å²) in [6, 6.07) is 24.1. The van der Waals surface area contributed by atoms with Gasteiger partial charge in [0.2, 0.25) is 11.2 Å². The van der Waals surface area contributed by atoms with Crippen LogP contribution in [0.4, 0.5) is 13.2 Å². The van der Waals surface area contributed by atoms with E-state index in [4.69, 9.17) is 13.9 Å². The molecule has 0 aliphatic rings. The molecule has 0 saturated heterocycles. The molecule has 0 radical (unpaired) electrons. The number of alkyl halides is 3. The van der Waals surface area contributed by atoms with Crippen LogP contribution in [-0.2, 0) is 12.6 Å². The number of halogens is 3. The van der Waals surface area contributed by atoms with Gasteiger partial charge in [-0.3, -0.25) is 4.79 Å². The summed E-state index contributed by atoms with van der Waals surface area (Å²) < 4.78 is 59.3. The van der Waals surface area contributed by atoms with E-state index < -0.39 is 29.1 Å². The zero-order valence-electron chi connectivity index (χ0n) is 25.3. The van der Waals surface area contributed by atoms with Crippen molar-refractivity contribution in [1.29, 1.82) is 0 Å². The van der Waals surface area contributed by atoms with Crippen LogP contribution in [0.1, 0.15) is 65.4 Å². The molecule has 1 heterocycles. The van der Waals surface area contributed by atoms with Crippen molar-refractivity contribution in [3.8, 4) is 28.4 Å². The van der Waals surface area contributed by atoms with E-state index in [-0.39, 0.29) is 28.0 Å². The summed E-state index contributed by atoms with van der Waals surface area (Å²) in [6.07, 6.45) is -0.973. The Morgan fingerprint density at radius 2 is 1.49 bits per heavy atom. The van der Waals surface area contributed by atoms with Gasteiger partial charge in [0, 0.05) is 6.07 Å². The van der Waals surface area contributed by atoms with Gasteiger partial charge < -0.3 is 13.9 Å². The molecule has 5 nitrogen and oxygen atoms in total. The molecule has 0 N–H and O–H groups in total. The minimum absolute atomic E-state index is 0.0374. The molecule has 232 valence electrons. The molecule has 0 amide bonds. The molecule has 0 spiro atoms. The zero-order valence-corrected chi connectivity index (χ0v) is 25.3. The lowest BCUT2D eigenvalue weighted by molar-refractivity contribution is -0.154. The van der Waals surface area contributed by atoms with Crippen molar-refractivity contribution in [2.45, 2.75) is 59.1 Å². The number of unbranched alkanes of at least 4 members (excludes halogenated alkanes) is 3. The van der Waals surface area contributed by atoms with Crippen LogP contribution in [0.2, 0.25) is 0 Å². The molecule has 5 aromatic rings. The molecular weight excluding hydrogens is 581 g/mol. The third kappa shape index (κ3) is 7.45. The average Bonchev–Trinajstić information content (AvgIpc) is 3.00. The van der Waals surface area contributed by atoms with Crippen molar-refractivity contribution in [2.75, 3.05) is 0 Å². The number of esters is 1. The SMILES string of the molecule is CCCCCCc1cc2c(=O)c(Oc3cc(C)cc(C)c3)c(C(F)(F)F)oc2cc1OC(=O)c1ccc(-c2ccccc2)cc1. The highest BCUT2D eigenvalue weighted by atomic mass is 19.4. The van der Waals surface area contributed by atoms with Gasteiger partial charge in [-0.05, 0) is 84.8 Å². The van der Waals surface area contributed by atoms with Crippen molar-refractivity contribution < 1.29 is 31.9 Å². The number of ether oxygens (including phenoxy) is 2. The van der Waals surface area contributed by atoms with Crippen LogP contribution in [-0.4, -0.2) is 5.97 Å². The highest BCUT2D eigenvalue weighted by Gasteiger charge is 2.41. The lowest BCUT2D eigenvalue weighted by Gasteiger charge is -2.16. The zero-order chi connectivity index (χ0) is 32.1. The summed E-state index contributed by atoms with van der Waals surface area (Å²) in [6.45, 7) is 5.63. The summed E-state index contributed by atoms with van der Waals surface area (Å²) >= 11 is 0. The molecule has 4 aromatic carbocycles. The highest BCUT2D eigenvalue weighted by molar-refractivity contribution is 5.92. The number of carbonyl (C=O) groups excluding carboxylic acids is 1. The minimum Gasteiger partial charge on any atom is -0.449 e. The fourth-order valence-electron chi connectivity index (χ4n) is 5.26. The predicted octanol–water partition coefficient (Wildman–Crippen LogP) is 10.2. The molecule has 0 saturated carbocycles. The first-order chi connectivity index (χ1) is 21.5. The van der Waals surface area contributed by atoms with Gasteiger partial charge in [0.1, 0.15) is 17.1 Å². The first kappa shape index (κ1) is 31.6. The molecule has 0 aliphatic heterocycles. The Kier molecular flexibility index (Phi) is 9.42. The second kappa shape index (κ2) is 13.4. The van der Waals surface area contributed by atoms with E-state index in [0.29, 0.717) is 12.0 Å². The maximum absolute atomic E-state index is 14.2. The van der Waals surface area contributed by atoms with E-state index in [1.54, 1.807) is 50.2 Å². The summed E-state index contributed by atoms with van der Waals surface area (Å²) in [5.74, 6) is -3.07. The summed E-state index contributed by atoms with van der Waals surface area (Å²) in [7, 11) is 0. The van der Waals surface area contributed by atoms with Crippen LogP contribution in [0.15, 0.2) is 94.1 Å². The third-order valence-electron chi connectivity index (χ3n) is 7.43. The Bertz CT molecular complexity index is 1850. The third-order valence-corrected chi connectivity index (χ3v) is 7.43. The Morgan fingerprint density at radius 3 is 2.13 bits per heavy atom. The molecule has 5 rings (SSSR count). The fraction of sp³-hybridized carbons (Fsp3) is 0.243. The second-order valence-electron chi connectivity index (χ2n) is 11.1. The van der Waals surface area contributed by atoms with Gasteiger partial charge in [0.25, 0.3) is 5.76 Å². The minimum atomic E-state index is -5.03. The van der Waals surface area contributed by atoms with Gasteiger partial charge in [-0.2, -0.15) is 13.2 Å². The van der Waals surface area contributed by atoms with Gasteiger partial charge in [0.15, 0.2) is 0 Å². The predicted molar refractivity (Wildman–Crippen MR) is 168 cm³/mol. The molecule has 45 heavy (non-hydrogen) atoms. The van der Waals surface area contributed by atoms with Crippen molar-refractivity contribution in [3.05, 3.63) is 123 Å². The first-order valence-electron chi connectivity index (χ1n) is 14.9. The molecule has 8 heteroatoms. The van der Waals surface area contributed by atoms with E-state index in [2.05, 4.69) is 6.92 Å². The van der Waals surface area contributed by atoms with Crippen LogP contribution in [0.5, 0.6) is 17.2 Å². The molecule has 0 atom stereocenters. The van der Waals surface area contributed by atoms with E-state index in [0.717, 1.165) is 47.9 Å². The molecule has 0 aliphatic carbocycles. The van der Waals surface area contributed by atoms with Crippen molar-refractivity contribution >= 4 is 16.9 Å². The molecule has 1 aromatic heterocycles. The number of benzene rings is 4. The van der Waals surface area contributed by atoms with Gasteiger partial charge in [-0.25, -0.2) is 4.79 Å². The molecule has 0 unspecified atom stereocenters. The van der Waals surface area contributed by atoms with Crippen molar-refractivity contribution in [3.63, 3.8) is 0 Å². The largest absolute Gasteiger partial charge is 0.453 e. The fourth-order valence-corrected chi connectivity index (χ4v) is 5.26. The highest BCUT2D eigenvalue weighted by Crippen LogP contribution is 2.40. The first-order valence-corrected chi connectivity index (χ1v) is 14.9. The lowest BCUT2D eigenvalue weighted by Crippen LogP contribution is -2.16. The Hall–Kier alpha value is -4.85. The number of carbonyl (C=O) groups is 1. The number of fused-ring (bicyclic) bond motifs is 1. The summed E-state index contributed by atoms with van der Waals surface area (Å²) in [5.41, 5.74) is 2.87. The van der Waals surface area contributed by atoms with Gasteiger partial charge in [0.05, 0.1) is 10.9 Å². The van der Waals surface area contributed by atoms with Crippen molar-refractivity contribution in [2.24, 2.45) is 0 Å². The monoisotopic (exact) mass is 614 g/mol. The van der Waals surface area contributed by atoms with Crippen LogP contribution >= 0.6 is 0 Å². The van der Waals surface area contributed by atoms with Crippen LogP contribution in [0, 0.1) is 13.8 Å². The molecule has 0 fully saturated rings. The standard InChI is InChI=1S/C37H33F3O5/c1-4-5-6-8-13-28-21-30-32(22-31(28)45-36(42)27-16-14-26(15-17-27)25-11-9-7-10-12-25)44-35(37(38,39)40)34(33(30)41)43-29-19-23(2)18-24(3)20-29/h7,9-12,14-22H,4-6,8,13H2,1-3H3. The number of rotatable bonds is 10. The van der Waals surface area contributed by atoms with E-state index in [1.807, 2.05) is 36.4 Å². The maximum Gasteiger partial charge on any atom is 0.453 e. The Balaban J connectivity index is 1.55.